The highest BCUT2D eigenvalue weighted by Crippen LogP contribution is 2.14. The first-order valence-electron chi connectivity index (χ1n) is 4.84. The third-order valence-electron chi connectivity index (χ3n) is 2.21. The Kier molecular flexibility index (Phi) is 2.69. The summed E-state index contributed by atoms with van der Waals surface area (Å²) >= 11 is 0. The number of benzene rings is 1. The van der Waals surface area contributed by atoms with Crippen LogP contribution in [0.4, 0.5) is 5.69 Å². The average Bonchev–Trinajstić information content (AvgIpc) is 2.66. The van der Waals surface area contributed by atoms with E-state index in [9.17, 15) is 0 Å². The molecule has 0 fully saturated rings. The van der Waals surface area contributed by atoms with Gasteiger partial charge in [0.15, 0.2) is 0 Å². The zero-order valence-corrected chi connectivity index (χ0v) is 8.64. The third kappa shape index (κ3) is 1.99. The number of para-hydroxylation sites is 1. The second-order valence-electron chi connectivity index (χ2n) is 3.38. The van der Waals surface area contributed by atoms with Crippen molar-refractivity contribution in [2.45, 2.75) is 6.54 Å². The number of anilines is 1. The number of nitrogens with zero attached hydrogens (tertiary/aromatic N) is 2. The van der Waals surface area contributed by atoms with Crippen LogP contribution in [0.2, 0.25) is 0 Å². The van der Waals surface area contributed by atoms with E-state index in [1.54, 1.807) is 10.9 Å². The number of hydrogen-bond acceptors (Lipinski definition) is 3. The van der Waals surface area contributed by atoms with Crippen molar-refractivity contribution in [3.63, 3.8) is 0 Å². The van der Waals surface area contributed by atoms with Crippen LogP contribution in [-0.4, -0.2) is 16.8 Å². The molecule has 78 valence electrons. The van der Waals surface area contributed by atoms with Crippen LogP contribution in [0.15, 0.2) is 36.7 Å². The highest BCUT2D eigenvalue weighted by Gasteiger charge is 2.03. The zero-order chi connectivity index (χ0) is 10.7. The summed E-state index contributed by atoms with van der Waals surface area (Å²) in [5, 5.41) is 7.32. The van der Waals surface area contributed by atoms with E-state index in [0.29, 0.717) is 5.69 Å². The van der Waals surface area contributed by atoms with Gasteiger partial charge in [-0.3, -0.25) is 0 Å². The summed E-state index contributed by atoms with van der Waals surface area (Å²) in [5.41, 5.74) is 8.57. The summed E-state index contributed by atoms with van der Waals surface area (Å²) in [6.45, 7) is 0.815. The van der Waals surface area contributed by atoms with Crippen LogP contribution >= 0.6 is 0 Å². The van der Waals surface area contributed by atoms with Gasteiger partial charge in [0.05, 0.1) is 23.8 Å². The molecule has 1 heterocycles. The predicted molar refractivity (Wildman–Crippen MR) is 60.7 cm³/mol. The quantitative estimate of drug-likeness (QED) is 0.785. The van der Waals surface area contributed by atoms with Gasteiger partial charge in [-0.15, -0.1) is 0 Å². The lowest BCUT2D eigenvalue weighted by Crippen LogP contribution is -2.09. The van der Waals surface area contributed by atoms with E-state index in [2.05, 4.69) is 16.5 Å². The fraction of sp³-hybridized carbons (Fsp3) is 0.182. The van der Waals surface area contributed by atoms with Crippen LogP contribution in [0.3, 0.4) is 0 Å². The number of nitrogens with two attached hydrogens (primary N) is 1. The molecule has 0 saturated heterocycles. The largest absolute Gasteiger partial charge is 0.396 e. The van der Waals surface area contributed by atoms with Gasteiger partial charge in [0.1, 0.15) is 0 Å². The maximum Gasteiger partial charge on any atom is 0.0724 e. The summed E-state index contributed by atoms with van der Waals surface area (Å²) in [7, 11) is 1.92. The molecule has 3 N–H and O–H groups in total. The Hall–Kier alpha value is -1.81. The van der Waals surface area contributed by atoms with Crippen LogP contribution in [0.1, 0.15) is 5.56 Å². The molecule has 0 aliphatic carbocycles. The SMILES string of the molecule is CNCc1ccccc1-n1cc(N)cn1. The van der Waals surface area contributed by atoms with Gasteiger partial charge in [0.2, 0.25) is 0 Å². The number of rotatable bonds is 3. The van der Waals surface area contributed by atoms with Gasteiger partial charge >= 0.3 is 0 Å². The zero-order valence-electron chi connectivity index (χ0n) is 8.64. The van der Waals surface area contributed by atoms with Crippen molar-refractivity contribution >= 4 is 5.69 Å². The normalized spacial score (nSPS) is 10.5. The Morgan fingerprint density at radius 1 is 1.40 bits per heavy atom. The molecule has 0 spiro atoms. The molecular formula is C11H14N4. The van der Waals surface area contributed by atoms with Crippen molar-refractivity contribution in [2.75, 3.05) is 12.8 Å². The number of nitrogens with one attached hydrogen (secondary N) is 1. The van der Waals surface area contributed by atoms with Crippen LogP contribution < -0.4 is 11.1 Å². The molecule has 0 saturated carbocycles. The first-order valence-corrected chi connectivity index (χ1v) is 4.84. The lowest BCUT2D eigenvalue weighted by molar-refractivity contribution is 0.789. The summed E-state index contributed by atoms with van der Waals surface area (Å²) in [4.78, 5) is 0. The van der Waals surface area contributed by atoms with Crippen LogP contribution in [0.5, 0.6) is 0 Å². The van der Waals surface area contributed by atoms with Gasteiger partial charge in [-0.05, 0) is 18.7 Å². The van der Waals surface area contributed by atoms with Crippen molar-refractivity contribution in [3.05, 3.63) is 42.2 Å². The van der Waals surface area contributed by atoms with E-state index in [1.165, 1.54) is 5.56 Å². The van der Waals surface area contributed by atoms with Crippen molar-refractivity contribution < 1.29 is 0 Å². The fourth-order valence-electron chi connectivity index (χ4n) is 1.54. The molecule has 4 nitrogen and oxygen atoms in total. The van der Waals surface area contributed by atoms with E-state index in [-0.39, 0.29) is 0 Å². The second-order valence-corrected chi connectivity index (χ2v) is 3.38. The second kappa shape index (κ2) is 4.14. The Bertz CT molecular complexity index is 447. The standard InChI is InChI=1S/C11H14N4/c1-13-6-9-4-2-3-5-11(9)15-8-10(12)7-14-15/h2-5,7-8,13H,6,12H2,1H3. The molecule has 0 radical (unpaired) electrons. The Morgan fingerprint density at radius 2 is 2.20 bits per heavy atom. The molecule has 15 heavy (non-hydrogen) atoms. The number of nitrogen functional groups attached to an aromatic ring is 1. The molecule has 2 rings (SSSR count). The number of hydrogen-bond donors (Lipinski definition) is 2. The molecular weight excluding hydrogens is 188 g/mol. The summed E-state index contributed by atoms with van der Waals surface area (Å²) in [5.74, 6) is 0. The first kappa shape index (κ1) is 9.73. The van der Waals surface area contributed by atoms with Crippen molar-refractivity contribution in [1.82, 2.24) is 15.1 Å². The monoisotopic (exact) mass is 202 g/mol. The minimum atomic E-state index is 0.675. The first-order chi connectivity index (χ1) is 7.31. The Balaban J connectivity index is 2.42. The van der Waals surface area contributed by atoms with Crippen molar-refractivity contribution in [3.8, 4) is 5.69 Å². The highest BCUT2D eigenvalue weighted by atomic mass is 15.3. The van der Waals surface area contributed by atoms with Crippen molar-refractivity contribution in [1.29, 1.82) is 0 Å². The van der Waals surface area contributed by atoms with E-state index in [4.69, 9.17) is 5.73 Å². The summed E-state index contributed by atoms with van der Waals surface area (Å²) in [6.07, 6.45) is 3.46. The molecule has 4 heteroatoms. The Morgan fingerprint density at radius 3 is 2.87 bits per heavy atom. The minimum absolute atomic E-state index is 0.675. The maximum absolute atomic E-state index is 5.64. The third-order valence-corrected chi connectivity index (χ3v) is 2.21. The van der Waals surface area contributed by atoms with Gasteiger partial charge in [-0.2, -0.15) is 5.10 Å². The van der Waals surface area contributed by atoms with E-state index >= 15 is 0 Å². The molecule has 0 unspecified atom stereocenters. The molecule has 1 aromatic carbocycles. The minimum Gasteiger partial charge on any atom is -0.396 e. The van der Waals surface area contributed by atoms with E-state index < -0.39 is 0 Å². The van der Waals surface area contributed by atoms with Gasteiger partial charge < -0.3 is 11.1 Å². The van der Waals surface area contributed by atoms with Gasteiger partial charge in [0, 0.05) is 6.54 Å². The van der Waals surface area contributed by atoms with Gasteiger partial charge in [-0.1, -0.05) is 18.2 Å². The molecule has 0 aliphatic heterocycles. The molecule has 0 atom stereocenters. The predicted octanol–water partition coefficient (Wildman–Crippen LogP) is 1.17. The Labute approximate surface area is 88.7 Å². The van der Waals surface area contributed by atoms with Gasteiger partial charge in [-0.25, -0.2) is 4.68 Å². The lowest BCUT2D eigenvalue weighted by Gasteiger charge is -2.08. The van der Waals surface area contributed by atoms with Gasteiger partial charge in [0.25, 0.3) is 0 Å². The average molecular weight is 202 g/mol. The molecule has 0 aliphatic rings. The topological polar surface area (TPSA) is 55.9 Å². The molecule has 1 aromatic heterocycles. The summed E-state index contributed by atoms with van der Waals surface area (Å²) < 4.78 is 1.79. The van der Waals surface area contributed by atoms with Crippen molar-refractivity contribution in [2.24, 2.45) is 0 Å². The molecule has 0 bridgehead atoms. The fourth-order valence-corrected chi connectivity index (χ4v) is 1.54. The lowest BCUT2D eigenvalue weighted by atomic mass is 10.2. The van der Waals surface area contributed by atoms with E-state index in [0.717, 1.165) is 12.2 Å². The number of aromatic nitrogens is 2. The highest BCUT2D eigenvalue weighted by molar-refractivity contribution is 5.43. The van der Waals surface area contributed by atoms with Crippen LogP contribution in [0, 0.1) is 0 Å². The smallest absolute Gasteiger partial charge is 0.0724 e. The van der Waals surface area contributed by atoms with Crippen LogP contribution in [0.25, 0.3) is 5.69 Å². The maximum atomic E-state index is 5.64. The molecule has 2 aromatic rings. The van der Waals surface area contributed by atoms with E-state index in [1.807, 2.05) is 31.4 Å². The molecule has 0 amide bonds. The summed E-state index contributed by atoms with van der Waals surface area (Å²) in [6, 6.07) is 8.11. The van der Waals surface area contributed by atoms with Crippen LogP contribution in [-0.2, 0) is 6.54 Å².